The van der Waals surface area contributed by atoms with Gasteiger partial charge in [0.25, 0.3) is 0 Å². The van der Waals surface area contributed by atoms with E-state index in [4.69, 9.17) is 4.74 Å². The molecule has 0 N–H and O–H groups in total. The highest BCUT2D eigenvalue weighted by Gasteiger charge is 2.37. The Morgan fingerprint density at radius 2 is 2.07 bits per heavy atom. The van der Waals surface area contributed by atoms with Crippen LogP contribution < -0.4 is 4.90 Å². The summed E-state index contributed by atoms with van der Waals surface area (Å²) < 4.78 is 5.36. The molecule has 1 fully saturated rings. The Morgan fingerprint density at radius 3 is 2.78 bits per heavy atom. The van der Waals surface area contributed by atoms with Gasteiger partial charge in [-0.1, -0.05) is 23.9 Å². The minimum Gasteiger partial charge on any atom is -0.463 e. The number of rotatable bonds is 4. The number of thioether (sulfide) groups is 1. The third-order valence-corrected chi connectivity index (χ3v) is 6.07. The van der Waals surface area contributed by atoms with Gasteiger partial charge in [-0.25, -0.2) is 9.79 Å². The van der Waals surface area contributed by atoms with E-state index in [0.29, 0.717) is 12.2 Å². The van der Waals surface area contributed by atoms with Crippen molar-refractivity contribution < 1.29 is 9.53 Å². The molecule has 3 aliphatic heterocycles. The van der Waals surface area contributed by atoms with Crippen LogP contribution in [0.2, 0.25) is 0 Å². The summed E-state index contributed by atoms with van der Waals surface area (Å²) in [7, 11) is 0. The summed E-state index contributed by atoms with van der Waals surface area (Å²) in [5.74, 6) is -0.283. The molecule has 0 aromatic heterocycles. The number of carbonyl (C=O) groups excluding carboxylic acids is 1. The number of carbonyl (C=O) groups is 1. The van der Waals surface area contributed by atoms with Crippen LogP contribution >= 0.6 is 11.8 Å². The third kappa shape index (κ3) is 3.27. The Labute approximate surface area is 164 Å². The fourth-order valence-corrected chi connectivity index (χ4v) is 4.85. The van der Waals surface area contributed by atoms with E-state index in [9.17, 15) is 4.79 Å². The molecule has 0 radical (unpaired) electrons. The van der Waals surface area contributed by atoms with Gasteiger partial charge in [-0.15, -0.1) is 0 Å². The summed E-state index contributed by atoms with van der Waals surface area (Å²) >= 11 is 1.58. The number of benzene rings is 1. The van der Waals surface area contributed by atoms with Crippen molar-refractivity contribution in [1.82, 2.24) is 4.90 Å². The Hall–Kier alpha value is -2.21. The fourth-order valence-electron chi connectivity index (χ4n) is 4.06. The third-order valence-electron chi connectivity index (χ3n) is 5.30. The molecular weight excluding hydrogens is 358 g/mol. The van der Waals surface area contributed by atoms with Crippen LogP contribution in [0.25, 0.3) is 0 Å². The highest BCUT2D eigenvalue weighted by Crippen LogP contribution is 2.42. The van der Waals surface area contributed by atoms with Gasteiger partial charge < -0.3 is 14.5 Å². The number of allylic oxidation sites excluding steroid dienone is 1. The second-order valence-electron chi connectivity index (χ2n) is 7.07. The normalized spacial score (nSPS) is 21.6. The molecule has 0 aliphatic carbocycles. The van der Waals surface area contributed by atoms with E-state index in [1.54, 1.807) is 11.8 Å². The number of fused-ring (bicyclic) bond motifs is 1. The van der Waals surface area contributed by atoms with Crippen LogP contribution in [0, 0.1) is 6.92 Å². The molecule has 6 heteroatoms. The van der Waals surface area contributed by atoms with E-state index >= 15 is 0 Å². The van der Waals surface area contributed by atoms with E-state index < -0.39 is 0 Å². The van der Waals surface area contributed by atoms with Crippen LogP contribution in [0.15, 0.2) is 46.1 Å². The number of ether oxygens (including phenoxy) is 1. The molecular formula is C21H25N3O2S. The molecule has 1 atom stereocenters. The van der Waals surface area contributed by atoms with E-state index in [1.165, 1.54) is 24.1 Å². The summed E-state index contributed by atoms with van der Waals surface area (Å²) in [6.07, 6.45) is 4.52. The maximum atomic E-state index is 12.7. The van der Waals surface area contributed by atoms with Crippen molar-refractivity contribution in [3.8, 4) is 0 Å². The first-order valence-corrected chi connectivity index (χ1v) is 10.4. The summed E-state index contributed by atoms with van der Waals surface area (Å²) in [6, 6.07) is 6.36. The zero-order chi connectivity index (χ0) is 19.0. The number of aliphatic imine (C=N–C) groups is 1. The highest BCUT2D eigenvalue weighted by atomic mass is 32.2. The number of esters is 1. The second-order valence-corrected chi connectivity index (χ2v) is 7.94. The molecule has 142 valence electrons. The summed E-state index contributed by atoms with van der Waals surface area (Å²) in [5.41, 5.74) is 5.00. The first-order valence-electron chi connectivity index (χ1n) is 9.54. The largest absolute Gasteiger partial charge is 0.463 e. The lowest BCUT2D eigenvalue weighted by atomic mass is 9.93. The first kappa shape index (κ1) is 18.2. The number of nitrogens with zero attached hydrogens (tertiary/aromatic N) is 3. The van der Waals surface area contributed by atoms with E-state index in [0.717, 1.165) is 29.5 Å². The minimum absolute atomic E-state index is 0.200. The number of aryl methyl sites for hydroxylation is 1. The lowest BCUT2D eigenvalue weighted by Crippen LogP contribution is -2.34. The topological polar surface area (TPSA) is 45.1 Å². The molecule has 1 aromatic carbocycles. The fraction of sp³-hybridized carbons (Fsp3) is 0.429. The quantitative estimate of drug-likeness (QED) is 0.723. The van der Waals surface area contributed by atoms with Crippen molar-refractivity contribution in [2.75, 3.05) is 24.6 Å². The number of hydrogen-bond acceptors (Lipinski definition) is 6. The van der Waals surface area contributed by atoms with Crippen LogP contribution in [0.5, 0.6) is 0 Å². The summed E-state index contributed by atoms with van der Waals surface area (Å²) in [5, 5.41) is 2.92. The molecule has 0 spiro atoms. The molecule has 3 heterocycles. The van der Waals surface area contributed by atoms with Gasteiger partial charge in [-0.05, 0) is 56.2 Å². The van der Waals surface area contributed by atoms with Crippen molar-refractivity contribution in [3.05, 3.63) is 52.2 Å². The number of hydrogen-bond donors (Lipinski definition) is 0. The van der Waals surface area contributed by atoms with Crippen molar-refractivity contribution >= 4 is 28.6 Å². The molecule has 0 amide bonds. The Kier molecular flexibility index (Phi) is 5.00. The molecule has 5 nitrogen and oxygen atoms in total. The lowest BCUT2D eigenvalue weighted by molar-refractivity contribution is -0.139. The average Bonchev–Trinajstić information content (AvgIpc) is 3.32. The van der Waals surface area contributed by atoms with Gasteiger partial charge >= 0.3 is 5.97 Å². The van der Waals surface area contributed by atoms with Gasteiger partial charge in [0.1, 0.15) is 0 Å². The molecule has 0 bridgehead atoms. The van der Waals surface area contributed by atoms with Crippen LogP contribution in [-0.4, -0.2) is 35.7 Å². The van der Waals surface area contributed by atoms with Crippen molar-refractivity contribution in [2.24, 2.45) is 4.99 Å². The molecule has 4 rings (SSSR count). The lowest BCUT2D eigenvalue weighted by Gasteiger charge is -2.34. The van der Waals surface area contributed by atoms with E-state index in [-0.39, 0.29) is 12.0 Å². The Balaban J connectivity index is 1.75. The van der Waals surface area contributed by atoms with Gasteiger partial charge in [-0.2, -0.15) is 0 Å². The molecule has 0 unspecified atom stereocenters. The van der Waals surface area contributed by atoms with E-state index in [1.807, 2.05) is 25.5 Å². The molecule has 27 heavy (non-hydrogen) atoms. The minimum atomic E-state index is -0.283. The maximum Gasteiger partial charge on any atom is 0.338 e. The van der Waals surface area contributed by atoms with Gasteiger partial charge in [-0.3, -0.25) is 0 Å². The predicted molar refractivity (Wildman–Crippen MR) is 111 cm³/mol. The zero-order valence-electron chi connectivity index (χ0n) is 16.1. The van der Waals surface area contributed by atoms with Crippen LogP contribution in [0.1, 0.15) is 43.9 Å². The van der Waals surface area contributed by atoms with Gasteiger partial charge in [0.15, 0.2) is 5.17 Å². The Morgan fingerprint density at radius 1 is 1.30 bits per heavy atom. The van der Waals surface area contributed by atoms with Crippen molar-refractivity contribution in [1.29, 1.82) is 0 Å². The van der Waals surface area contributed by atoms with Crippen LogP contribution in [-0.2, 0) is 9.53 Å². The monoisotopic (exact) mass is 383 g/mol. The second kappa shape index (κ2) is 7.43. The number of amidine groups is 1. The molecule has 1 aromatic rings. The van der Waals surface area contributed by atoms with Gasteiger partial charge in [0.2, 0.25) is 0 Å². The average molecular weight is 384 g/mol. The van der Waals surface area contributed by atoms with Crippen LogP contribution in [0.3, 0.4) is 0 Å². The van der Waals surface area contributed by atoms with E-state index in [2.05, 4.69) is 39.9 Å². The zero-order valence-corrected chi connectivity index (χ0v) is 16.9. The number of anilines is 1. The first-order chi connectivity index (χ1) is 13.1. The highest BCUT2D eigenvalue weighted by molar-refractivity contribution is 8.16. The molecule has 0 saturated carbocycles. The van der Waals surface area contributed by atoms with Gasteiger partial charge in [0, 0.05) is 25.0 Å². The SMILES string of the molecule is CCOC(=O)C1=C(C)N=C2SC=CN2[C@@H]1c1ccc(N2CCCC2)c(C)c1. The van der Waals surface area contributed by atoms with Crippen LogP contribution in [0.4, 0.5) is 5.69 Å². The predicted octanol–water partition coefficient (Wildman–Crippen LogP) is 4.36. The molecule has 1 saturated heterocycles. The summed E-state index contributed by atoms with van der Waals surface area (Å²) in [6.45, 7) is 8.49. The standard InChI is InChI=1S/C21H25N3O2S/c1-4-26-20(25)18-15(3)22-21-24(11-12-27-21)19(18)16-7-8-17(14(2)13-16)23-9-5-6-10-23/h7-8,11-13,19H,4-6,9-10H2,1-3H3/t19-/m1/s1. The molecule has 3 aliphatic rings. The smallest absolute Gasteiger partial charge is 0.338 e. The van der Waals surface area contributed by atoms with Crippen molar-refractivity contribution in [2.45, 2.75) is 39.7 Å². The Bertz CT molecular complexity index is 853. The maximum absolute atomic E-state index is 12.7. The van der Waals surface area contributed by atoms with Gasteiger partial charge in [0.05, 0.1) is 23.9 Å². The van der Waals surface area contributed by atoms with Crippen molar-refractivity contribution in [3.63, 3.8) is 0 Å². The summed E-state index contributed by atoms with van der Waals surface area (Å²) in [4.78, 5) is 21.9.